The molecule has 3 aromatic carbocycles. The maximum Gasteiger partial charge on any atom is 0.416 e. The van der Waals surface area contributed by atoms with Crippen LogP contribution in [0.15, 0.2) is 84.0 Å². The van der Waals surface area contributed by atoms with Gasteiger partial charge in [-0.2, -0.15) is 13.2 Å². The molecule has 0 amide bonds. The number of benzene rings is 3. The van der Waals surface area contributed by atoms with E-state index in [1.54, 1.807) is 0 Å². The Morgan fingerprint density at radius 1 is 0.793 bits per heavy atom. The monoisotopic (exact) mass is 399 g/mol. The van der Waals surface area contributed by atoms with Crippen LogP contribution in [-0.2, 0) is 11.0 Å². The molecule has 1 aliphatic rings. The zero-order valence-electron chi connectivity index (χ0n) is 15.1. The first-order valence-corrected chi connectivity index (χ1v) is 8.88. The summed E-state index contributed by atoms with van der Waals surface area (Å²) in [5.41, 5.74) is 0.0804. The Labute approximate surface area is 165 Å². The van der Waals surface area contributed by atoms with Gasteiger partial charge in [-0.15, -0.1) is 0 Å². The minimum Gasteiger partial charge on any atom is -0.457 e. The van der Waals surface area contributed by atoms with Crippen LogP contribution in [-0.4, -0.2) is 5.90 Å². The normalized spacial score (nSPS) is 16.1. The number of nitrogens with zero attached hydrogens (tertiary/aromatic N) is 1. The Morgan fingerprint density at radius 2 is 1.48 bits per heavy atom. The number of hydrogen-bond acceptors (Lipinski definition) is 4. The summed E-state index contributed by atoms with van der Waals surface area (Å²) in [5.74, 6) is 1.70. The number of oxime groups is 1. The van der Waals surface area contributed by atoms with Crippen LogP contribution in [0.5, 0.6) is 17.2 Å². The standard InChI is InChI=1S/C22H16F3NO3/c23-22(24,25)16-5-4-8-19(13-16)28-21-14-20(29-26-21)15-9-11-18(12-10-15)27-17-6-2-1-3-7-17/h1-13,20H,14H2/t20-/m1/s1. The Kier molecular flexibility index (Phi) is 5.12. The number of ether oxygens (including phenoxy) is 2. The van der Waals surface area contributed by atoms with Gasteiger partial charge in [0.05, 0.1) is 12.0 Å². The van der Waals surface area contributed by atoms with Crippen LogP contribution >= 0.6 is 0 Å². The SMILES string of the molecule is FC(F)(F)c1cccc(OC2=NO[C@@H](c3ccc(Oc4ccccc4)cc3)C2)c1. The van der Waals surface area contributed by atoms with E-state index >= 15 is 0 Å². The van der Waals surface area contributed by atoms with Crippen molar-refractivity contribution in [2.45, 2.75) is 18.7 Å². The predicted molar refractivity (Wildman–Crippen MR) is 101 cm³/mol. The number of halogens is 3. The Morgan fingerprint density at radius 3 is 2.21 bits per heavy atom. The second kappa shape index (κ2) is 7.87. The second-order valence-corrected chi connectivity index (χ2v) is 6.40. The van der Waals surface area contributed by atoms with Crippen molar-refractivity contribution in [3.8, 4) is 17.2 Å². The molecule has 3 aromatic rings. The van der Waals surface area contributed by atoms with Gasteiger partial charge in [-0.1, -0.05) is 41.6 Å². The molecule has 0 saturated carbocycles. The molecule has 148 valence electrons. The molecule has 4 nitrogen and oxygen atoms in total. The van der Waals surface area contributed by atoms with Gasteiger partial charge in [-0.3, -0.25) is 0 Å². The first-order chi connectivity index (χ1) is 14.0. The summed E-state index contributed by atoms with van der Waals surface area (Å²) in [6.07, 6.45) is -4.49. The van der Waals surface area contributed by atoms with E-state index in [0.29, 0.717) is 12.2 Å². The fourth-order valence-corrected chi connectivity index (χ4v) is 2.84. The Bertz CT molecular complexity index is 1000. The highest BCUT2D eigenvalue weighted by Crippen LogP contribution is 2.33. The van der Waals surface area contributed by atoms with E-state index in [2.05, 4.69) is 5.16 Å². The fraction of sp³-hybridized carbons (Fsp3) is 0.136. The van der Waals surface area contributed by atoms with Crippen LogP contribution in [0.3, 0.4) is 0 Å². The fourth-order valence-electron chi connectivity index (χ4n) is 2.84. The maximum absolute atomic E-state index is 12.8. The molecule has 0 spiro atoms. The van der Waals surface area contributed by atoms with Crippen LogP contribution in [0.4, 0.5) is 13.2 Å². The summed E-state index contributed by atoms with van der Waals surface area (Å²) in [6.45, 7) is 0. The van der Waals surface area contributed by atoms with E-state index in [-0.39, 0.29) is 17.8 Å². The molecule has 7 heteroatoms. The summed E-state index contributed by atoms with van der Waals surface area (Å²) >= 11 is 0. The highest BCUT2D eigenvalue weighted by Gasteiger charge is 2.31. The average Bonchev–Trinajstić information content (AvgIpc) is 3.17. The molecule has 0 saturated heterocycles. The van der Waals surface area contributed by atoms with Gasteiger partial charge in [0.1, 0.15) is 17.2 Å². The van der Waals surface area contributed by atoms with Gasteiger partial charge in [0.25, 0.3) is 0 Å². The van der Waals surface area contributed by atoms with E-state index in [0.717, 1.165) is 23.4 Å². The van der Waals surface area contributed by atoms with Crippen molar-refractivity contribution < 1.29 is 27.5 Å². The number of hydrogen-bond donors (Lipinski definition) is 0. The third-order valence-corrected chi connectivity index (χ3v) is 4.27. The summed E-state index contributed by atoms with van der Waals surface area (Å²) in [5, 5.41) is 3.85. The van der Waals surface area contributed by atoms with Crippen LogP contribution in [0.25, 0.3) is 0 Å². The zero-order valence-corrected chi connectivity index (χ0v) is 15.1. The zero-order chi connectivity index (χ0) is 20.3. The van der Waals surface area contributed by atoms with Gasteiger partial charge in [0, 0.05) is 0 Å². The highest BCUT2D eigenvalue weighted by molar-refractivity contribution is 5.79. The second-order valence-electron chi connectivity index (χ2n) is 6.40. The number of para-hydroxylation sites is 1. The van der Waals surface area contributed by atoms with E-state index < -0.39 is 11.7 Å². The Hall–Kier alpha value is -3.48. The minimum absolute atomic E-state index is 0.0643. The van der Waals surface area contributed by atoms with Gasteiger partial charge in [0.15, 0.2) is 6.10 Å². The molecule has 0 bridgehead atoms. The maximum atomic E-state index is 12.8. The van der Waals surface area contributed by atoms with Gasteiger partial charge >= 0.3 is 6.18 Å². The number of alkyl halides is 3. The molecular weight excluding hydrogens is 383 g/mol. The largest absolute Gasteiger partial charge is 0.457 e. The van der Waals surface area contributed by atoms with Gasteiger partial charge < -0.3 is 14.3 Å². The quantitative estimate of drug-likeness (QED) is 0.513. The van der Waals surface area contributed by atoms with Crippen molar-refractivity contribution >= 4 is 5.90 Å². The molecule has 0 fully saturated rings. The highest BCUT2D eigenvalue weighted by atomic mass is 19.4. The van der Waals surface area contributed by atoms with E-state index in [4.69, 9.17) is 14.3 Å². The van der Waals surface area contributed by atoms with Gasteiger partial charge in [-0.05, 0) is 48.0 Å². The molecule has 0 N–H and O–H groups in total. The van der Waals surface area contributed by atoms with Crippen molar-refractivity contribution in [1.29, 1.82) is 0 Å². The van der Waals surface area contributed by atoms with Crippen LogP contribution in [0, 0.1) is 0 Å². The summed E-state index contributed by atoms with van der Waals surface area (Å²) in [6, 6.07) is 21.4. The lowest BCUT2D eigenvalue weighted by Crippen LogP contribution is -2.09. The molecule has 0 radical (unpaired) electrons. The van der Waals surface area contributed by atoms with Crippen molar-refractivity contribution in [3.05, 3.63) is 90.0 Å². The van der Waals surface area contributed by atoms with Crippen molar-refractivity contribution in [3.63, 3.8) is 0 Å². The summed E-state index contributed by atoms with van der Waals surface area (Å²) in [4.78, 5) is 5.38. The number of rotatable bonds is 4. The molecule has 0 unspecified atom stereocenters. The van der Waals surface area contributed by atoms with Crippen molar-refractivity contribution in [2.75, 3.05) is 0 Å². The van der Waals surface area contributed by atoms with Crippen LogP contribution in [0.2, 0.25) is 0 Å². The van der Waals surface area contributed by atoms with E-state index in [1.807, 2.05) is 54.6 Å². The Balaban J connectivity index is 1.37. The van der Waals surface area contributed by atoms with E-state index in [1.165, 1.54) is 12.1 Å². The molecule has 1 aliphatic heterocycles. The lowest BCUT2D eigenvalue weighted by Gasteiger charge is -2.11. The minimum atomic E-state index is -4.43. The smallest absolute Gasteiger partial charge is 0.416 e. The average molecular weight is 399 g/mol. The molecule has 29 heavy (non-hydrogen) atoms. The molecule has 0 aliphatic carbocycles. The van der Waals surface area contributed by atoms with Crippen molar-refractivity contribution in [1.82, 2.24) is 0 Å². The third kappa shape index (κ3) is 4.68. The molecule has 0 aromatic heterocycles. The van der Waals surface area contributed by atoms with E-state index in [9.17, 15) is 13.2 Å². The van der Waals surface area contributed by atoms with Crippen LogP contribution in [0.1, 0.15) is 23.7 Å². The van der Waals surface area contributed by atoms with Crippen molar-refractivity contribution in [2.24, 2.45) is 5.16 Å². The molecule has 1 atom stereocenters. The lowest BCUT2D eigenvalue weighted by atomic mass is 10.1. The molecule has 4 rings (SSSR count). The molecule has 1 heterocycles. The molecular formula is C22H16F3NO3. The predicted octanol–water partition coefficient (Wildman–Crippen LogP) is 6.35. The van der Waals surface area contributed by atoms with Gasteiger partial charge in [-0.25, -0.2) is 0 Å². The first kappa shape index (κ1) is 18.9. The third-order valence-electron chi connectivity index (χ3n) is 4.27. The topological polar surface area (TPSA) is 40.0 Å². The van der Waals surface area contributed by atoms with Gasteiger partial charge in [0.2, 0.25) is 5.90 Å². The summed E-state index contributed by atoms with van der Waals surface area (Å²) < 4.78 is 49.7. The lowest BCUT2D eigenvalue weighted by molar-refractivity contribution is -0.137. The summed E-state index contributed by atoms with van der Waals surface area (Å²) in [7, 11) is 0. The first-order valence-electron chi connectivity index (χ1n) is 8.88. The van der Waals surface area contributed by atoms with Crippen LogP contribution < -0.4 is 9.47 Å².